The van der Waals surface area contributed by atoms with Gasteiger partial charge in [-0.1, -0.05) is 32.4 Å². The number of nitrogens with one attached hydrogen (secondary N) is 2. The number of hydrogen-bond donors (Lipinski definition) is 2. The van der Waals surface area contributed by atoms with Gasteiger partial charge in [0.1, 0.15) is 0 Å². The minimum absolute atomic E-state index is 0.0327. The smallest absolute Gasteiger partial charge is 0.240 e. The topological polar surface area (TPSA) is 75.3 Å². The molecule has 1 aromatic carbocycles. The Morgan fingerprint density at radius 2 is 1.82 bits per heavy atom. The Bertz CT molecular complexity index is 568. The molecule has 1 amide bonds. The van der Waals surface area contributed by atoms with E-state index in [1.165, 1.54) is 0 Å². The normalized spacial score (nSPS) is 12.9. The molecule has 0 saturated carbocycles. The third-order valence-corrected chi connectivity index (χ3v) is 4.90. The van der Waals surface area contributed by atoms with Gasteiger partial charge >= 0.3 is 0 Å². The van der Waals surface area contributed by atoms with E-state index in [9.17, 15) is 13.2 Å². The molecular weight excluding hydrogens is 300 g/mol. The van der Waals surface area contributed by atoms with Crippen LogP contribution in [-0.4, -0.2) is 26.9 Å². The molecule has 0 heterocycles. The van der Waals surface area contributed by atoms with E-state index in [0.717, 1.165) is 18.4 Å². The summed E-state index contributed by atoms with van der Waals surface area (Å²) in [5.74, 6) is 0.0327. The molecule has 0 fully saturated rings. The summed E-state index contributed by atoms with van der Waals surface area (Å²) in [7, 11) is -3.41. The van der Waals surface area contributed by atoms with Crippen LogP contribution >= 0.6 is 0 Å². The van der Waals surface area contributed by atoms with E-state index in [4.69, 9.17) is 0 Å². The Kier molecular flexibility index (Phi) is 7.55. The third-order valence-electron chi connectivity index (χ3n) is 3.34. The van der Waals surface area contributed by atoms with Crippen molar-refractivity contribution in [3.63, 3.8) is 0 Å². The second-order valence-electron chi connectivity index (χ2n) is 5.40. The predicted octanol–water partition coefficient (Wildman–Crippen LogP) is 2.22. The lowest BCUT2D eigenvalue weighted by Crippen LogP contribution is -2.32. The summed E-state index contributed by atoms with van der Waals surface area (Å²) in [6.45, 7) is 6.19. The molecule has 22 heavy (non-hydrogen) atoms. The van der Waals surface area contributed by atoms with Gasteiger partial charge in [-0.15, -0.1) is 0 Å². The Morgan fingerprint density at radius 3 is 2.36 bits per heavy atom. The second-order valence-corrected chi connectivity index (χ2v) is 7.17. The molecule has 0 aliphatic rings. The lowest BCUT2D eigenvalue weighted by molar-refractivity contribution is -0.121. The van der Waals surface area contributed by atoms with Gasteiger partial charge < -0.3 is 5.32 Å². The van der Waals surface area contributed by atoms with Crippen molar-refractivity contribution in [3.8, 4) is 0 Å². The molecule has 0 aromatic heterocycles. The number of rotatable bonds is 9. The molecule has 0 spiro atoms. The number of carbonyl (C=O) groups is 1. The van der Waals surface area contributed by atoms with Crippen molar-refractivity contribution in [2.75, 3.05) is 6.54 Å². The number of benzene rings is 1. The minimum Gasteiger partial charge on any atom is -0.354 e. The summed E-state index contributed by atoms with van der Waals surface area (Å²) in [5.41, 5.74) is 0.953. The van der Waals surface area contributed by atoms with Gasteiger partial charge in [-0.05, 0) is 37.5 Å². The van der Waals surface area contributed by atoms with Gasteiger partial charge in [-0.3, -0.25) is 4.79 Å². The van der Waals surface area contributed by atoms with E-state index >= 15 is 0 Å². The summed E-state index contributed by atoms with van der Waals surface area (Å²) < 4.78 is 26.1. The highest BCUT2D eigenvalue weighted by Gasteiger charge is 2.12. The van der Waals surface area contributed by atoms with Crippen LogP contribution < -0.4 is 10.0 Å². The summed E-state index contributed by atoms with van der Waals surface area (Å²) in [5, 5.41) is 2.96. The summed E-state index contributed by atoms with van der Waals surface area (Å²) in [6, 6.07) is 6.86. The van der Waals surface area contributed by atoms with Crippen LogP contribution in [0.1, 0.15) is 45.6 Å². The third kappa shape index (κ3) is 6.15. The van der Waals surface area contributed by atoms with Crippen LogP contribution in [0.2, 0.25) is 0 Å². The van der Waals surface area contributed by atoms with Crippen LogP contribution in [0.5, 0.6) is 0 Å². The summed E-state index contributed by atoms with van der Waals surface area (Å²) in [4.78, 5) is 12.0. The monoisotopic (exact) mass is 326 g/mol. The Labute approximate surface area is 133 Å². The first-order valence-corrected chi connectivity index (χ1v) is 9.25. The maximum absolute atomic E-state index is 11.8. The van der Waals surface area contributed by atoms with Crippen LogP contribution in [0.4, 0.5) is 0 Å². The van der Waals surface area contributed by atoms with E-state index < -0.39 is 10.0 Å². The Balaban J connectivity index is 2.53. The summed E-state index contributed by atoms with van der Waals surface area (Å²) in [6.07, 6.45) is 3.03. The van der Waals surface area contributed by atoms with E-state index in [0.29, 0.717) is 19.4 Å². The van der Waals surface area contributed by atoms with Gasteiger partial charge in [0, 0.05) is 19.0 Å². The van der Waals surface area contributed by atoms with Crippen LogP contribution in [0.25, 0.3) is 0 Å². The minimum atomic E-state index is -3.41. The van der Waals surface area contributed by atoms with Gasteiger partial charge in [-0.2, -0.15) is 0 Å². The number of amides is 1. The van der Waals surface area contributed by atoms with Crippen molar-refractivity contribution in [2.24, 2.45) is 0 Å². The van der Waals surface area contributed by atoms with Gasteiger partial charge in [-0.25, -0.2) is 13.1 Å². The van der Waals surface area contributed by atoms with Crippen molar-refractivity contribution in [3.05, 3.63) is 29.8 Å². The molecule has 1 atom stereocenters. The van der Waals surface area contributed by atoms with Crippen molar-refractivity contribution < 1.29 is 13.2 Å². The number of hydrogen-bond acceptors (Lipinski definition) is 3. The molecule has 1 rings (SSSR count). The Morgan fingerprint density at radius 1 is 1.18 bits per heavy atom. The molecule has 0 aliphatic carbocycles. The van der Waals surface area contributed by atoms with Gasteiger partial charge in [0.25, 0.3) is 0 Å². The van der Waals surface area contributed by atoms with Crippen LogP contribution in [0.15, 0.2) is 29.2 Å². The van der Waals surface area contributed by atoms with Crippen molar-refractivity contribution in [1.29, 1.82) is 0 Å². The fraction of sp³-hybridized carbons (Fsp3) is 0.562. The van der Waals surface area contributed by atoms with E-state index in [1.54, 1.807) is 31.2 Å². The molecule has 0 bridgehead atoms. The number of sulfonamides is 1. The molecule has 124 valence electrons. The molecule has 5 nitrogen and oxygen atoms in total. The molecular formula is C16H26N2O3S. The van der Waals surface area contributed by atoms with Gasteiger partial charge in [0.2, 0.25) is 15.9 Å². The van der Waals surface area contributed by atoms with Crippen molar-refractivity contribution in [2.45, 2.75) is 57.4 Å². The lowest BCUT2D eigenvalue weighted by Gasteiger charge is -2.12. The average Bonchev–Trinajstić information content (AvgIpc) is 2.45. The lowest BCUT2D eigenvalue weighted by atomic mass is 10.1. The number of carbonyl (C=O) groups excluding carboxylic acids is 1. The van der Waals surface area contributed by atoms with Crippen LogP contribution in [0, 0.1) is 0 Å². The van der Waals surface area contributed by atoms with Gasteiger partial charge in [0.15, 0.2) is 0 Å². The summed E-state index contributed by atoms with van der Waals surface area (Å²) >= 11 is 0. The molecule has 2 N–H and O–H groups in total. The standard InChI is InChI=1S/C16H26N2O3S/c1-4-6-13(3)18-16(19)12-9-14-7-10-15(11-8-14)22(20,21)17-5-2/h7-8,10-11,13,17H,4-6,9,12H2,1-3H3,(H,18,19)/t13-/m1/s1. The first-order chi connectivity index (χ1) is 10.4. The molecule has 0 saturated heterocycles. The van der Waals surface area contributed by atoms with Gasteiger partial charge in [0.05, 0.1) is 4.90 Å². The molecule has 0 unspecified atom stereocenters. The van der Waals surface area contributed by atoms with E-state index in [-0.39, 0.29) is 16.8 Å². The van der Waals surface area contributed by atoms with Crippen LogP contribution in [-0.2, 0) is 21.2 Å². The molecule has 1 aromatic rings. The molecule has 6 heteroatoms. The maximum atomic E-state index is 11.8. The molecule has 0 aliphatic heterocycles. The SMILES string of the molecule is CCC[C@@H](C)NC(=O)CCc1ccc(S(=O)(=O)NCC)cc1. The zero-order valence-corrected chi connectivity index (χ0v) is 14.4. The zero-order valence-electron chi connectivity index (χ0n) is 13.6. The fourth-order valence-electron chi connectivity index (χ4n) is 2.22. The van der Waals surface area contributed by atoms with Crippen molar-refractivity contribution >= 4 is 15.9 Å². The largest absolute Gasteiger partial charge is 0.354 e. The molecule has 0 radical (unpaired) electrons. The van der Waals surface area contributed by atoms with E-state index in [2.05, 4.69) is 17.0 Å². The van der Waals surface area contributed by atoms with Crippen LogP contribution in [0.3, 0.4) is 0 Å². The Hall–Kier alpha value is -1.40. The average molecular weight is 326 g/mol. The van der Waals surface area contributed by atoms with Crippen molar-refractivity contribution in [1.82, 2.24) is 10.0 Å². The zero-order chi connectivity index (χ0) is 16.6. The highest BCUT2D eigenvalue weighted by atomic mass is 32.2. The van der Waals surface area contributed by atoms with E-state index in [1.807, 2.05) is 6.92 Å². The quantitative estimate of drug-likeness (QED) is 0.730. The predicted molar refractivity (Wildman–Crippen MR) is 88.1 cm³/mol. The first-order valence-electron chi connectivity index (χ1n) is 7.77. The maximum Gasteiger partial charge on any atom is 0.240 e. The fourth-order valence-corrected chi connectivity index (χ4v) is 3.26. The highest BCUT2D eigenvalue weighted by Crippen LogP contribution is 2.11. The second kappa shape index (κ2) is 8.90. The highest BCUT2D eigenvalue weighted by molar-refractivity contribution is 7.89. The first kappa shape index (κ1) is 18.6. The number of aryl methyl sites for hydroxylation is 1.